The standard InChI is InChI=1S/C27H28F2N4O3.2C2HF3O2/c28-20-7-1-4-18(12-20)23(27(35)36)16-32-25(34)14-24(19-5-2-8-21(29)13-19)31-15-22-10-9-17-6-3-11-30-26(17)33-22;2*3-2(4,5)1(6)7/h1-2,4-5,7-10,12-13,23-24,31H,3,6,11,14-16H2,(H,30,33)(H,32,34)(H,35,36);2*(H,6,7)/t23-,24+;;/m1../s1. The molecule has 0 saturated heterocycles. The van der Waals surface area contributed by atoms with E-state index in [0.717, 1.165) is 42.5 Å². The van der Waals surface area contributed by atoms with Crippen LogP contribution in [-0.4, -0.2) is 69.6 Å². The predicted molar refractivity (Wildman–Crippen MR) is 159 cm³/mol. The average Bonchev–Trinajstić information content (AvgIpc) is 3.02. The summed E-state index contributed by atoms with van der Waals surface area (Å²) in [5.74, 6) is -8.32. The SMILES string of the molecule is O=C(C[C@H](NCc1ccc2c(n1)NCCC2)c1cccc(F)c1)NC[C@@H](C(=O)O)c1cccc(F)c1.O=C(O)C(F)(F)F.O=C(O)C(F)(F)F. The minimum absolute atomic E-state index is 0.0534. The zero-order valence-corrected chi connectivity index (χ0v) is 25.6. The van der Waals surface area contributed by atoms with Crippen LogP contribution < -0.4 is 16.0 Å². The number of benzene rings is 2. The smallest absolute Gasteiger partial charge is 0.481 e. The molecule has 4 rings (SSSR count). The van der Waals surface area contributed by atoms with Crippen LogP contribution in [0.1, 0.15) is 47.2 Å². The van der Waals surface area contributed by atoms with E-state index in [2.05, 4.69) is 20.9 Å². The van der Waals surface area contributed by atoms with Gasteiger partial charge in [0.05, 0.1) is 11.6 Å². The van der Waals surface area contributed by atoms with E-state index in [-0.39, 0.29) is 18.5 Å². The van der Waals surface area contributed by atoms with Gasteiger partial charge in [-0.25, -0.2) is 23.4 Å². The Bertz CT molecular complexity index is 1610. The lowest BCUT2D eigenvalue weighted by molar-refractivity contribution is -0.193. The number of amides is 1. The fourth-order valence-corrected chi connectivity index (χ4v) is 4.27. The monoisotopic (exact) mass is 722 g/mol. The van der Waals surface area contributed by atoms with E-state index in [4.69, 9.17) is 19.8 Å². The van der Waals surface area contributed by atoms with Crippen molar-refractivity contribution in [2.45, 2.75) is 50.1 Å². The average molecular weight is 723 g/mol. The first-order valence-corrected chi connectivity index (χ1v) is 14.3. The van der Waals surface area contributed by atoms with E-state index >= 15 is 0 Å². The number of hydrogen-bond donors (Lipinski definition) is 6. The number of pyridine rings is 1. The Morgan fingerprint density at radius 3 is 1.88 bits per heavy atom. The van der Waals surface area contributed by atoms with Gasteiger partial charge in [0.1, 0.15) is 17.5 Å². The number of aromatic nitrogens is 1. The van der Waals surface area contributed by atoms with Gasteiger partial charge in [-0.1, -0.05) is 30.3 Å². The van der Waals surface area contributed by atoms with E-state index in [1.165, 1.54) is 30.3 Å². The molecule has 1 amide bonds. The molecule has 0 unspecified atom stereocenters. The van der Waals surface area contributed by atoms with Crippen LogP contribution in [0.2, 0.25) is 0 Å². The number of nitrogens with one attached hydrogen (secondary N) is 3. The molecule has 2 atom stereocenters. The maximum Gasteiger partial charge on any atom is 0.490 e. The van der Waals surface area contributed by atoms with Gasteiger partial charge >= 0.3 is 30.3 Å². The molecule has 0 bridgehead atoms. The molecule has 2 heterocycles. The Morgan fingerprint density at radius 2 is 1.36 bits per heavy atom. The number of carbonyl (C=O) groups excluding carboxylic acids is 1. The number of hydrogen-bond acceptors (Lipinski definition) is 7. The minimum Gasteiger partial charge on any atom is -0.481 e. The third-order valence-electron chi connectivity index (χ3n) is 6.66. The van der Waals surface area contributed by atoms with Crippen molar-refractivity contribution in [2.75, 3.05) is 18.4 Å². The van der Waals surface area contributed by atoms with Crippen molar-refractivity contribution < 1.29 is 69.6 Å². The molecular formula is C31H30F8N4O7. The topological polar surface area (TPSA) is 178 Å². The molecule has 3 aromatic rings. The second-order valence-electron chi connectivity index (χ2n) is 10.4. The molecule has 50 heavy (non-hydrogen) atoms. The molecule has 11 nitrogen and oxygen atoms in total. The normalized spacial score (nSPS) is 13.4. The first-order chi connectivity index (χ1) is 23.3. The summed E-state index contributed by atoms with van der Waals surface area (Å²) in [5, 5.41) is 33.0. The van der Waals surface area contributed by atoms with E-state index in [1.54, 1.807) is 12.1 Å². The van der Waals surface area contributed by atoms with Crippen molar-refractivity contribution in [1.82, 2.24) is 15.6 Å². The molecule has 0 fully saturated rings. The highest BCUT2D eigenvalue weighted by molar-refractivity contribution is 5.80. The first kappa shape index (κ1) is 40.8. The quantitative estimate of drug-likeness (QED) is 0.153. The number of fused-ring (bicyclic) bond motifs is 1. The third-order valence-corrected chi connectivity index (χ3v) is 6.66. The van der Waals surface area contributed by atoms with Gasteiger partial charge in [0.25, 0.3) is 0 Å². The van der Waals surface area contributed by atoms with Crippen LogP contribution in [0, 0.1) is 11.6 Å². The van der Waals surface area contributed by atoms with Gasteiger partial charge in [-0.3, -0.25) is 9.59 Å². The lowest BCUT2D eigenvalue weighted by Crippen LogP contribution is -2.34. The van der Waals surface area contributed by atoms with Crippen LogP contribution in [0.25, 0.3) is 0 Å². The highest BCUT2D eigenvalue weighted by Crippen LogP contribution is 2.23. The number of rotatable bonds is 10. The largest absolute Gasteiger partial charge is 0.490 e. The highest BCUT2D eigenvalue weighted by atomic mass is 19.4. The fraction of sp³-hybridized carbons (Fsp3) is 0.323. The fourth-order valence-electron chi connectivity index (χ4n) is 4.27. The number of carbonyl (C=O) groups is 4. The van der Waals surface area contributed by atoms with Gasteiger partial charge in [-0.15, -0.1) is 0 Å². The Kier molecular flexibility index (Phi) is 15.1. The molecule has 1 aliphatic rings. The van der Waals surface area contributed by atoms with Crippen LogP contribution in [0.4, 0.5) is 40.9 Å². The van der Waals surface area contributed by atoms with Crippen molar-refractivity contribution in [3.63, 3.8) is 0 Å². The summed E-state index contributed by atoms with van der Waals surface area (Å²) in [4.78, 5) is 47.0. The van der Waals surface area contributed by atoms with Crippen LogP contribution in [0.3, 0.4) is 0 Å². The van der Waals surface area contributed by atoms with Gasteiger partial charge in [-0.2, -0.15) is 26.3 Å². The van der Waals surface area contributed by atoms with E-state index in [9.17, 15) is 49.8 Å². The van der Waals surface area contributed by atoms with E-state index in [0.29, 0.717) is 12.1 Å². The molecule has 272 valence electrons. The summed E-state index contributed by atoms with van der Waals surface area (Å²) in [5.41, 5.74) is 2.79. The molecule has 19 heteroatoms. The molecule has 0 aliphatic carbocycles. The van der Waals surface area contributed by atoms with E-state index < -0.39 is 59.8 Å². The zero-order valence-electron chi connectivity index (χ0n) is 25.6. The van der Waals surface area contributed by atoms with Crippen LogP contribution in [0.5, 0.6) is 0 Å². The number of alkyl halides is 6. The molecule has 1 aromatic heterocycles. The van der Waals surface area contributed by atoms with Crippen molar-refractivity contribution >= 4 is 29.6 Å². The molecule has 0 spiro atoms. The molecular weight excluding hydrogens is 692 g/mol. The number of anilines is 1. The van der Waals surface area contributed by atoms with Gasteiger partial charge in [0.2, 0.25) is 5.91 Å². The summed E-state index contributed by atoms with van der Waals surface area (Å²) in [6.45, 7) is 1.02. The number of carboxylic acids is 3. The van der Waals surface area contributed by atoms with Crippen molar-refractivity contribution in [1.29, 1.82) is 0 Å². The lowest BCUT2D eigenvalue weighted by atomic mass is 9.98. The summed E-state index contributed by atoms with van der Waals surface area (Å²) in [7, 11) is 0. The third kappa shape index (κ3) is 14.0. The number of aryl methyl sites for hydroxylation is 1. The summed E-state index contributed by atoms with van der Waals surface area (Å²) >= 11 is 0. The number of aliphatic carboxylic acids is 3. The zero-order chi connectivity index (χ0) is 37.6. The number of halogens is 8. The molecule has 2 aromatic carbocycles. The molecule has 0 radical (unpaired) electrons. The molecule has 6 N–H and O–H groups in total. The Labute approximate surface area is 278 Å². The summed E-state index contributed by atoms with van der Waals surface area (Å²) < 4.78 is 91.0. The lowest BCUT2D eigenvalue weighted by Gasteiger charge is -2.21. The number of carboxylic acid groups (broad SMARTS) is 3. The van der Waals surface area contributed by atoms with Gasteiger partial charge in [0.15, 0.2) is 0 Å². The second kappa shape index (κ2) is 18.4. The molecule has 1 aliphatic heterocycles. The Balaban J connectivity index is 0.000000521. The first-order valence-electron chi connectivity index (χ1n) is 14.3. The van der Waals surface area contributed by atoms with Crippen LogP contribution in [0.15, 0.2) is 60.7 Å². The summed E-state index contributed by atoms with van der Waals surface area (Å²) in [6, 6.07) is 14.7. The summed E-state index contributed by atoms with van der Waals surface area (Å²) in [6.07, 6.45) is -8.19. The van der Waals surface area contributed by atoms with Crippen molar-refractivity contribution in [3.8, 4) is 0 Å². The van der Waals surface area contributed by atoms with Gasteiger partial charge < -0.3 is 31.3 Å². The second-order valence-corrected chi connectivity index (χ2v) is 10.4. The predicted octanol–water partition coefficient (Wildman–Crippen LogP) is 5.19. The van der Waals surface area contributed by atoms with Crippen LogP contribution >= 0.6 is 0 Å². The maximum absolute atomic E-state index is 13.9. The van der Waals surface area contributed by atoms with Crippen molar-refractivity contribution in [3.05, 3.63) is 94.7 Å². The maximum atomic E-state index is 13.9. The molecule has 0 saturated carbocycles. The minimum atomic E-state index is -5.08. The Morgan fingerprint density at radius 1 is 0.820 bits per heavy atom. The van der Waals surface area contributed by atoms with Crippen molar-refractivity contribution in [2.24, 2.45) is 0 Å². The Hall–Kier alpha value is -5.33. The van der Waals surface area contributed by atoms with Gasteiger partial charge in [-0.05, 0) is 59.9 Å². The van der Waals surface area contributed by atoms with Crippen LogP contribution in [-0.2, 0) is 32.1 Å². The van der Waals surface area contributed by atoms with Gasteiger partial charge in [0, 0.05) is 32.1 Å². The number of nitrogens with zero attached hydrogens (tertiary/aromatic N) is 1. The van der Waals surface area contributed by atoms with E-state index in [1.807, 2.05) is 12.1 Å². The highest BCUT2D eigenvalue weighted by Gasteiger charge is 2.39.